The first kappa shape index (κ1) is 8.52. The van der Waals surface area contributed by atoms with Crippen LogP contribution in [0.5, 0.6) is 0 Å². The molecule has 1 aromatic heterocycles. The van der Waals surface area contributed by atoms with Gasteiger partial charge in [0.2, 0.25) is 0 Å². The van der Waals surface area contributed by atoms with Crippen LogP contribution in [0.3, 0.4) is 0 Å². The van der Waals surface area contributed by atoms with Gasteiger partial charge in [-0.25, -0.2) is 4.98 Å². The quantitative estimate of drug-likeness (QED) is 0.679. The highest BCUT2D eigenvalue weighted by Crippen LogP contribution is 2.10. The Morgan fingerprint density at radius 1 is 1.29 bits per heavy atom. The van der Waals surface area contributed by atoms with Crippen LogP contribution in [0.2, 0.25) is 0 Å². The van der Waals surface area contributed by atoms with Gasteiger partial charge in [0.25, 0.3) is 0 Å². The van der Waals surface area contributed by atoms with Crippen LogP contribution in [0, 0.1) is 18.3 Å². The maximum atomic E-state index is 8.64. The Morgan fingerprint density at radius 2 is 2.00 bits per heavy atom. The third-order valence-corrected chi connectivity index (χ3v) is 2.10. The van der Waals surface area contributed by atoms with Gasteiger partial charge in [-0.15, -0.1) is 0 Å². The molecule has 3 heteroatoms. The number of hydrogen-bond donors (Lipinski definition) is 0. The van der Waals surface area contributed by atoms with Crippen LogP contribution in [0.25, 0.3) is 5.69 Å². The first-order chi connectivity index (χ1) is 6.81. The molecule has 0 aliphatic carbocycles. The molecule has 0 atom stereocenters. The molecule has 0 unspecified atom stereocenters. The summed E-state index contributed by atoms with van der Waals surface area (Å²) in [5.74, 6) is 0.940. The number of nitrogens with zero attached hydrogens (tertiary/aromatic N) is 3. The van der Waals surface area contributed by atoms with Crippen LogP contribution in [-0.4, -0.2) is 9.55 Å². The molecule has 0 amide bonds. The van der Waals surface area contributed by atoms with Crippen molar-refractivity contribution in [2.45, 2.75) is 6.92 Å². The zero-order valence-corrected chi connectivity index (χ0v) is 7.81. The van der Waals surface area contributed by atoms with Crippen molar-refractivity contribution in [3.63, 3.8) is 0 Å². The van der Waals surface area contributed by atoms with E-state index >= 15 is 0 Å². The Kier molecular flexibility index (Phi) is 2.04. The van der Waals surface area contributed by atoms with Crippen LogP contribution >= 0.6 is 0 Å². The highest BCUT2D eigenvalue weighted by Gasteiger charge is 1.99. The van der Waals surface area contributed by atoms with Gasteiger partial charge in [-0.05, 0) is 31.2 Å². The van der Waals surface area contributed by atoms with Crippen molar-refractivity contribution in [3.05, 3.63) is 48.0 Å². The lowest BCUT2D eigenvalue weighted by atomic mass is 10.2. The maximum Gasteiger partial charge on any atom is 0.110 e. The Balaban J connectivity index is 2.45. The number of rotatable bonds is 1. The van der Waals surface area contributed by atoms with Crippen molar-refractivity contribution in [1.29, 1.82) is 5.26 Å². The first-order valence-electron chi connectivity index (χ1n) is 4.32. The minimum Gasteiger partial charge on any atom is -0.304 e. The molecule has 0 bridgehead atoms. The van der Waals surface area contributed by atoms with Crippen molar-refractivity contribution in [3.8, 4) is 11.8 Å². The fraction of sp³-hybridized carbons (Fsp3) is 0.0909. The van der Waals surface area contributed by atoms with E-state index in [-0.39, 0.29) is 0 Å². The number of imidazole rings is 1. The van der Waals surface area contributed by atoms with Gasteiger partial charge >= 0.3 is 0 Å². The van der Waals surface area contributed by atoms with Crippen LogP contribution < -0.4 is 0 Å². The summed E-state index contributed by atoms with van der Waals surface area (Å²) in [5.41, 5.74) is 1.70. The van der Waals surface area contributed by atoms with E-state index in [1.165, 1.54) is 0 Å². The van der Waals surface area contributed by atoms with Crippen LogP contribution in [0.1, 0.15) is 11.4 Å². The average Bonchev–Trinajstić information content (AvgIpc) is 2.65. The zero-order chi connectivity index (χ0) is 9.97. The van der Waals surface area contributed by atoms with Crippen molar-refractivity contribution < 1.29 is 0 Å². The first-order valence-corrected chi connectivity index (χ1v) is 4.32. The molecular formula is C11H9N3. The predicted octanol–water partition coefficient (Wildman–Crippen LogP) is 2.05. The molecule has 0 aliphatic rings. The van der Waals surface area contributed by atoms with Crippen molar-refractivity contribution in [2.75, 3.05) is 0 Å². The summed E-state index contributed by atoms with van der Waals surface area (Å²) in [5, 5.41) is 8.64. The molecule has 2 rings (SSSR count). The van der Waals surface area contributed by atoms with Gasteiger partial charge < -0.3 is 4.57 Å². The molecule has 0 N–H and O–H groups in total. The van der Waals surface area contributed by atoms with Gasteiger partial charge in [0.15, 0.2) is 0 Å². The number of hydrogen-bond acceptors (Lipinski definition) is 2. The highest BCUT2D eigenvalue weighted by atomic mass is 15.1. The number of aromatic nitrogens is 2. The summed E-state index contributed by atoms with van der Waals surface area (Å²) in [4.78, 5) is 4.13. The standard InChI is InChI=1S/C11H9N3/c1-9-13-6-7-14(9)11-4-2-10(8-12)3-5-11/h2-7H,1H3. The van der Waals surface area contributed by atoms with Crippen molar-refractivity contribution in [2.24, 2.45) is 0 Å². The van der Waals surface area contributed by atoms with E-state index in [0.717, 1.165) is 11.5 Å². The molecule has 14 heavy (non-hydrogen) atoms. The van der Waals surface area contributed by atoms with E-state index in [9.17, 15) is 0 Å². The smallest absolute Gasteiger partial charge is 0.110 e. The summed E-state index contributed by atoms with van der Waals surface area (Å²) in [6, 6.07) is 9.51. The average molecular weight is 183 g/mol. The van der Waals surface area contributed by atoms with Crippen LogP contribution in [-0.2, 0) is 0 Å². The lowest BCUT2D eigenvalue weighted by molar-refractivity contribution is 0.974. The topological polar surface area (TPSA) is 41.6 Å². The minimum absolute atomic E-state index is 0.673. The molecule has 68 valence electrons. The van der Waals surface area contributed by atoms with Crippen LogP contribution in [0.15, 0.2) is 36.7 Å². The largest absolute Gasteiger partial charge is 0.304 e. The van der Waals surface area contributed by atoms with E-state index < -0.39 is 0 Å². The van der Waals surface area contributed by atoms with Gasteiger partial charge in [-0.3, -0.25) is 0 Å². The van der Waals surface area contributed by atoms with E-state index in [1.807, 2.05) is 29.8 Å². The van der Waals surface area contributed by atoms with E-state index in [2.05, 4.69) is 11.1 Å². The molecule has 0 aliphatic heterocycles. The monoisotopic (exact) mass is 183 g/mol. The van der Waals surface area contributed by atoms with E-state index in [1.54, 1.807) is 18.3 Å². The summed E-state index contributed by atoms with van der Waals surface area (Å²) in [7, 11) is 0. The Morgan fingerprint density at radius 3 is 2.50 bits per heavy atom. The summed E-state index contributed by atoms with van der Waals surface area (Å²) in [6.45, 7) is 1.94. The SMILES string of the molecule is Cc1nccn1-c1ccc(C#N)cc1. The molecule has 0 saturated heterocycles. The molecule has 2 aromatic rings. The molecular weight excluding hydrogens is 174 g/mol. The second-order valence-corrected chi connectivity index (χ2v) is 3.00. The lowest BCUT2D eigenvalue weighted by Gasteiger charge is -2.03. The Bertz CT molecular complexity index is 474. The van der Waals surface area contributed by atoms with Crippen LogP contribution in [0.4, 0.5) is 0 Å². The molecule has 0 radical (unpaired) electrons. The normalized spacial score (nSPS) is 9.71. The second kappa shape index (κ2) is 3.35. The molecule has 1 aromatic carbocycles. The lowest BCUT2D eigenvalue weighted by Crippen LogP contribution is -1.94. The highest BCUT2D eigenvalue weighted by molar-refractivity contribution is 5.39. The maximum absolute atomic E-state index is 8.64. The van der Waals surface area contributed by atoms with Gasteiger partial charge in [-0.1, -0.05) is 0 Å². The van der Waals surface area contributed by atoms with Gasteiger partial charge in [0.1, 0.15) is 5.82 Å². The molecule has 3 nitrogen and oxygen atoms in total. The van der Waals surface area contributed by atoms with Crippen molar-refractivity contribution >= 4 is 0 Å². The fourth-order valence-corrected chi connectivity index (χ4v) is 1.35. The third kappa shape index (κ3) is 1.38. The Hall–Kier alpha value is -2.08. The summed E-state index contributed by atoms with van der Waals surface area (Å²) in [6.07, 6.45) is 3.66. The zero-order valence-electron chi connectivity index (χ0n) is 7.81. The molecule has 0 fully saturated rings. The van der Waals surface area contributed by atoms with E-state index in [4.69, 9.17) is 5.26 Å². The molecule has 1 heterocycles. The second-order valence-electron chi connectivity index (χ2n) is 3.00. The molecule has 0 spiro atoms. The Labute approximate surface area is 82.2 Å². The minimum atomic E-state index is 0.673. The van der Waals surface area contributed by atoms with E-state index in [0.29, 0.717) is 5.56 Å². The summed E-state index contributed by atoms with van der Waals surface area (Å²) < 4.78 is 1.97. The van der Waals surface area contributed by atoms with Gasteiger partial charge in [-0.2, -0.15) is 5.26 Å². The van der Waals surface area contributed by atoms with Gasteiger partial charge in [0, 0.05) is 18.1 Å². The molecule has 0 saturated carbocycles. The third-order valence-electron chi connectivity index (χ3n) is 2.10. The van der Waals surface area contributed by atoms with Gasteiger partial charge in [0.05, 0.1) is 11.6 Å². The summed E-state index contributed by atoms with van der Waals surface area (Å²) >= 11 is 0. The number of aryl methyl sites for hydroxylation is 1. The van der Waals surface area contributed by atoms with Crippen molar-refractivity contribution in [1.82, 2.24) is 9.55 Å². The number of nitriles is 1. The predicted molar refractivity (Wildman–Crippen MR) is 53.0 cm³/mol. The fourth-order valence-electron chi connectivity index (χ4n) is 1.35. The number of benzene rings is 1.